The highest BCUT2D eigenvalue weighted by molar-refractivity contribution is 5.85. The van der Waals surface area contributed by atoms with Gasteiger partial charge in [0.2, 0.25) is 0 Å². The quantitative estimate of drug-likeness (QED) is 0.882. The van der Waals surface area contributed by atoms with Crippen molar-refractivity contribution in [1.29, 1.82) is 0 Å². The molecule has 3 nitrogen and oxygen atoms in total. The van der Waals surface area contributed by atoms with Gasteiger partial charge in [0.15, 0.2) is 0 Å². The van der Waals surface area contributed by atoms with Crippen molar-refractivity contribution in [3.8, 4) is 0 Å². The summed E-state index contributed by atoms with van der Waals surface area (Å²) in [6.07, 6.45) is 0. The zero-order chi connectivity index (χ0) is 16.4. The molecule has 1 heterocycles. The molecule has 0 aromatic heterocycles. The first-order valence-electron chi connectivity index (χ1n) is 8.42. The Labute approximate surface area is 147 Å². The summed E-state index contributed by atoms with van der Waals surface area (Å²) in [6, 6.07) is 9.26. The molecular formula is C19H33ClN2O. The maximum Gasteiger partial charge on any atom is 0.0500 e. The Morgan fingerprint density at radius 1 is 1.04 bits per heavy atom. The van der Waals surface area contributed by atoms with E-state index in [1.165, 1.54) is 11.1 Å². The van der Waals surface area contributed by atoms with Crippen LogP contribution in [0.4, 0.5) is 0 Å². The van der Waals surface area contributed by atoms with Crippen molar-refractivity contribution in [2.24, 2.45) is 5.41 Å². The lowest BCUT2D eigenvalue weighted by Crippen LogP contribution is -2.49. The zero-order valence-electron chi connectivity index (χ0n) is 15.2. The number of aliphatic hydroxyl groups is 1. The van der Waals surface area contributed by atoms with Crippen molar-refractivity contribution in [3.63, 3.8) is 0 Å². The molecule has 0 amide bonds. The van der Waals surface area contributed by atoms with Gasteiger partial charge in [-0.3, -0.25) is 4.90 Å². The first-order chi connectivity index (χ1) is 10.3. The maximum atomic E-state index is 9.90. The molecule has 1 aliphatic rings. The van der Waals surface area contributed by atoms with Crippen LogP contribution in [-0.4, -0.2) is 42.8 Å². The van der Waals surface area contributed by atoms with Gasteiger partial charge in [-0.1, -0.05) is 58.9 Å². The number of hydrogen-bond donors (Lipinski definition) is 2. The van der Waals surface area contributed by atoms with Crippen LogP contribution < -0.4 is 5.32 Å². The van der Waals surface area contributed by atoms with Crippen molar-refractivity contribution >= 4 is 12.4 Å². The smallest absolute Gasteiger partial charge is 0.0500 e. The lowest BCUT2D eigenvalue weighted by molar-refractivity contribution is 0.0305. The Balaban J connectivity index is 0.00000264. The number of nitrogens with one attached hydrogen (secondary N) is 1. The van der Waals surface area contributed by atoms with E-state index in [0.717, 1.165) is 26.2 Å². The number of hydrogen-bond acceptors (Lipinski definition) is 3. The molecule has 0 spiro atoms. The molecule has 2 N–H and O–H groups in total. The predicted octanol–water partition coefficient (Wildman–Crippen LogP) is 3.37. The van der Waals surface area contributed by atoms with Gasteiger partial charge in [-0.25, -0.2) is 0 Å². The van der Waals surface area contributed by atoms with E-state index in [1.54, 1.807) is 0 Å². The molecule has 1 atom stereocenters. The van der Waals surface area contributed by atoms with E-state index in [1.807, 2.05) is 0 Å². The van der Waals surface area contributed by atoms with E-state index >= 15 is 0 Å². The molecule has 4 heteroatoms. The first-order valence-corrected chi connectivity index (χ1v) is 8.42. The van der Waals surface area contributed by atoms with Crippen molar-refractivity contribution < 1.29 is 5.11 Å². The van der Waals surface area contributed by atoms with Crippen LogP contribution in [0.3, 0.4) is 0 Å². The molecule has 23 heavy (non-hydrogen) atoms. The molecule has 0 unspecified atom stereocenters. The summed E-state index contributed by atoms with van der Waals surface area (Å²) in [4.78, 5) is 2.51. The van der Waals surface area contributed by atoms with Crippen LogP contribution in [-0.2, 0) is 5.41 Å². The van der Waals surface area contributed by atoms with Crippen LogP contribution in [0.15, 0.2) is 24.3 Å². The Morgan fingerprint density at radius 2 is 1.57 bits per heavy atom. The molecule has 1 fully saturated rings. The molecule has 0 aliphatic carbocycles. The highest BCUT2D eigenvalue weighted by Crippen LogP contribution is 2.38. The van der Waals surface area contributed by atoms with E-state index in [0.29, 0.717) is 0 Å². The van der Waals surface area contributed by atoms with Crippen LogP contribution in [0.2, 0.25) is 0 Å². The third kappa shape index (κ3) is 4.93. The van der Waals surface area contributed by atoms with Crippen molar-refractivity contribution in [3.05, 3.63) is 35.4 Å². The van der Waals surface area contributed by atoms with Gasteiger partial charge in [0, 0.05) is 44.2 Å². The average molecular weight is 341 g/mol. The topological polar surface area (TPSA) is 35.5 Å². The molecule has 1 aliphatic heterocycles. The van der Waals surface area contributed by atoms with E-state index in [2.05, 4.69) is 69.1 Å². The van der Waals surface area contributed by atoms with Crippen LogP contribution >= 0.6 is 12.4 Å². The van der Waals surface area contributed by atoms with Gasteiger partial charge in [-0.05, 0) is 16.5 Å². The van der Waals surface area contributed by atoms with E-state index in [-0.39, 0.29) is 35.9 Å². The van der Waals surface area contributed by atoms with Gasteiger partial charge < -0.3 is 10.4 Å². The lowest BCUT2D eigenvalue weighted by atomic mass is 9.78. The third-order valence-corrected chi connectivity index (χ3v) is 4.76. The summed E-state index contributed by atoms with van der Waals surface area (Å²) >= 11 is 0. The Hall–Kier alpha value is -0.610. The van der Waals surface area contributed by atoms with E-state index in [4.69, 9.17) is 0 Å². The SMILES string of the molecule is CC(C)(C)c1ccc([C@@H](N2CCNCC2)C(C)(C)CO)cc1.Cl. The van der Waals surface area contributed by atoms with E-state index in [9.17, 15) is 5.11 Å². The highest BCUT2D eigenvalue weighted by atomic mass is 35.5. The second-order valence-electron chi connectivity index (χ2n) is 8.21. The van der Waals surface area contributed by atoms with Crippen LogP contribution in [0.5, 0.6) is 0 Å². The predicted molar refractivity (Wildman–Crippen MR) is 100 cm³/mol. The third-order valence-electron chi connectivity index (χ3n) is 4.76. The summed E-state index contributed by atoms with van der Waals surface area (Å²) in [5, 5.41) is 13.3. The molecule has 1 aromatic carbocycles. The fourth-order valence-corrected chi connectivity index (χ4v) is 3.35. The number of halogens is 1. The zero-order valence-corrected chi connectivity index (χ0v) is 16.0. The largest absolute Gasteiger partial charge is 0.396 e. The fourth-order valence-electron chi connectivity index (χ4n) is 3.35. The summed E-state index contributed by atoms with van der Waals surface area (Å²) in [5.41, 5.74) is 2.70. The summed E-state index contributed by atoms with van der Waals surface area (Å²) in [6.45, 7) is 15.4. The Kier molecular flexibility index (Phi) is 7.09. The summed E-state index contributed by atoms with van der Waals surface area (Å²) in [7, 11) is 0. The number of benzene rings is 1. The monoisotopic (exact) mass is 340 g/mol. The number of piperazine rings is 1. The number of nitrogens with zero attached hydrogens (tertiary/aromatic N) is 1. The Morgan fingerprint density at radius 3 is 2.00 bits per heavy atom. The van der Waals surface area contributed by atoms with Gasteiger partial charge in [-0.15, -0.1) is 12.4 Å². The molecule has 1 saturated heterocycles. The summed E-state index contributed by atoms with van der Waals surface area (Å²) < 4.78 is 0. The van der Waals surface area contributed by atoms with Gasteiger partial charge in [0.1, 0.15) is 0 Å². The molecule has 0 radical (unpaired) electrons. The summed E-state index contributed by atoms with van der Waals surface area (Å²) in [5.74, 6) is 0. The van der Waals surface area contributed by atoms with Gasteiger partial charge >= 0.3 is 0 Å². The highest BCUT2D eigenvalue weighted by Gasteiger charge is 2.35. The van der Waals surface area contributed by atoms with Crippen LogP contribution in [0, 0.1) is 5.41 Å². The van der Waals surface area contributed by atoms with Gasteiger partial charge in [0.25, 0.3) is 0 Å². The second-order valence-corrected chi connectivity index (χ2v) is 8.21. The standard InChI is InChI=1S/C19H32N2O.ClH/c1-18(2,3)16-8-6-15(7-9-16)17(19(4,5)14-22)21-12-10-20-11-13-21;/h6-9,17,20,22H,10-14H2,1-5H3;1H/t17-;/m1./s1. The van der Waals surface area contributed by atoms with Gasteiger partial charge in [0.05, 0.1) is 0 Å². The minimum atomic E-state index is -0.152. The van der Waals surface area contributed by atoms with Crippen LogP contribution in [0.1, 0.15) is 51.8 Å². The van der Waals surface area contributed by atoms with Crippen molar-refractivity contribution in [2.45, 2.75) is 46.1 Å². The Bertz CT molecular complexity index is 473. The minimum Gasteiger partial charge on any atom is -0.396 e. The molecule has 2 rings (SSSR count). The molecule has 1 aromatic rings. The molecule has 0 bridgehead atoms. The number of aliphatic hydroxyl groups excluding tert-OH is 1. The molecule has 132 valence electrons. The molecule has 0 saturated carbocycles. The fraction of sp³-hybridized carbons (Fsp3) is 0.684. The lowest BCUT2D eigenvalue weighted by Gasteiger charge is -2.43. The second kappa shape index (κ2) is 7.98. The van der Waals surface area contributed by atoms with Crippen LogP contribution in [0.25, 0.3) is 0 Å². The van der Waals surface area contributed by atoms with E-state index < -0.39 is 0 Å². The van der Waals surface area contributed by atoms with Crippen molar-refractivity contribution in [2.75, 3.05) is 32.8 Å². The maximum absolute atomic E-state index is 9.90. The van der Waals surface area contributed by atoms with Gasteiger partial charge in [-0.2, -0.15) is 0 Å². The number of rotatable bonds is 4. The minimum absolute atomic E-state index is 0. The first kappa shape index (κ1) is 20.4. The van der Waals surface area contributed by atoms with Crippen molar-refractivity contribution in [1.82, 2.24) is 10.2 Å². The normalized spacial score (nSPS) is 18.3. The molecular weight excluding hydrogens is 308 g/mol. The average Bonchev–Trinajstić information content (AvgIpc) is 2.48.